The van der Waals surface area contributed by atoms with Crippen LogP contribution in [0.15, 0.2) is 22.7 Å². The minimum atomic E-state index is 0.803. The van der Waals surface area contributed by atoms with Crippen LogP contribution in [-0.4, -0.2) is 13.1 Å². The molecule has 0 aromatic heterocycles. The quantitative estimate of drug-likeness (QED) is 0.770. The largest absolute Gasteiger partial charge is 0.370 e. The smallest absolute Gasteiger partial charge is 0.101 e. The van der Waals surface area contributed by atoms with E-state index in [4.69, 9.17) is 0 Å². The van der Waals surface area contributed by atoms with Crippen molar-refractivity contribution in [2.24, 2.45) is 11.8 Å². The van der Waals surface area contributed by atoms with Gasteiger partial charge in [0.15, 0.2) is 0 Å². The molecule has 100 valence electrons. The second kappa shape index (κ2) is 5.54. The van der Waals surface area contributed by atoms with E-state index in [-0.39, 0.29) is 0 Å². The molecule has 2 aliphatic rings. The number of nitriles is 1. The Balaban J connectivity index is 1.83. The zero-order valence-electron chi connectivity index (χ0n) is 11.1. The fourth-order valence-electron chi connectivity index (χ4n) is 3.68. The maximum absolute atomic E-state index is 9.28. The van der Waals surface area contributed by atoms with Gasteiger partial charge >= 0.3 is 0 Å². The van der Waals surface area contributed by atoms with E-state index in [1.807, 2.05) is 12.1 Å². The highest BCUT2D eigenvalue weighted by molar-refractivity contribution is 9.10. The Hall–Kier alpha value is -1.01. The van der Waals surface area contributed by atoms with Crippen molar-refractivity contribution in [2.75, 3.05) is 18.0 Å². The van der Waals surface area contributed by atoms with Crippen molar-refractivity contribution >= 4 is 21.6 Å². The molecule has 0 N–H and O–H groups in total. The highest BCUT2D eigenvalue weighted by atomic mass is 79.9. The summed E-state index contributed by atoms with van der Waals surface area (Å²) in [7, 11) is 0. The maximum Gasteiger partial charge on any atom is 0.101 e. The Bertz CT molecular complexity index is 506. The molecule has 1 heterocycles. The first kappa shape index (κ1) is 13.0. The average Bonchev–Trinajstić information content (AvgIpc) is 2.46. The topological polar surface area (TPSA) is 27.0 Å². The summed E-state index contributed by atoms with van der Waals surface area (Å²) < 4.78 is 1.06. The normalized spacial score (nSPS) is 26.6. The van der Waals surface area contributed by atoms with E-state index in [1.165, 1.54) is 32.1 Å². The van der Waals surface area contributed by atoms with E-state index in [0.717, 1.165) is 40.6 Å². The Morgan fingerprint density at radius 3 is 2.74 bits per heavy atom. The van der Waals surface area contributed by atoms with Gasteiger partial charge in [-0.3, -0.25) is 0 Å². The minimum Gasteiger partial charge on any atom is -0.370 e. The standard InChI is InChI=1S/C16H19BrN2/c17-15-6-5-13(10-18)16(9-15)19-8-7-12-3-1-2-4-14(12)11-19/h5-6,9,12,14H,1-4,7-8,11H2. The number of benzene rings is 1. The second-order valence-electron chi connectivity index (χ2n) is 5.81. The van der Waals surface area contributed by atoms with Crippen LogP contribution in [0.25, 0.3) is 0 Å². The maximum atomic E-state index is 9.28. The lowest BCUT2D eigenvalue weighted by molar-refractivity contribution is 0.202. The Morgan fingerprint density at radius 2 is 1.95 bits per heavy atom. The molecule has 2 atom stereocenters. The molecule has 3 heteroatoms. The molecule has 3 rings (SSSR count). The van der Waals surface area contributed by atoms with E-state index in [2.05, 4.69) is 33.0 Å². The summed E-state index contributed by atoms with van der Waals surface area (Å²) in [6.07, 6.45) is 6.89. The number of fused-ring (bicyclic) bond motifs is 1. The molecule has 2 fully saturated rings. The lowest BCUT2D eigenvalue weighted by Gasteiger charge is -2.42. The van der Waals surface area contributed by atoms with E-state index >= 15 is 0 Å². The predicted octanol–water partition coefficient (Wildman–Crippen LogP) is 4.34. The van der Waals surface area contributed by atoms with Crippen molar-refractivity contribution in [3.8, 4) is 6.07 Å². The predicted molar refractivity (Wildman–Crippen MR) is 81.1 cm³/mol. The van der Waals surface area contributed by atoms with Gasteiger partial charge in [0.1, 0.15) is 6.07 Å². The third kappa shape index (κ3) is 2.65. The molecule has 1 aromatic rings. The summed E-state index contributed by atoms with van der Waals surface area (Å²) in [5.74, 6) is 1.77. The van der Waals surface area contributed by atoms with E-state index in [0.29, 0.717) is 0 Å². The van der Waals surface area contributed by atoms with Gasteiger partial charge in [-0.1, -0.05) is 35.2 Å². The number of nitrogens with zero attached hydrogens (tertiary/aromatic N) is 2. The SMILES string of the molecule is N#Cc1ccc(Br)cc1N1CCC2CCCCC2C1. The first-order chi connectivity index (χ1) is 9.28. The minimum absolute atomic E-state index is 0.803. The van der Waals surface area contributed by atoms with Crippen molar-refractivity contribution in [1.82, 2.24) is 0 Å². The molecule has 1 aliphatic heterocycles. The summed E-state index contributed by atoms with van der Waals surface area (Å²) in [5, 5.41) is 9.28. The van der Waals surface area contributed by atoms with Crippen LogP contribution in [0.1, 0.15) is 37.7 Å². The highest BCUT2D eigenvalue weighted by Gasteiger charge is 2.31. The molecule has 0 radical (unpaired) electrons. The van der Waals surface area contributed by atoms with Crippen molar-refractivity contribution in [3.63, 3.8) is 0 Å². The highest BCUT2D eigenvalue weighted by Crippen LogP contribution is 2.38. The van der Waals surface area contributed by atoms with Crippen LogP contribution >= 0.6 is 15.9 Å². The number of hydrogen-bond donors (Lipinski definition) is 0. The van der Waals surface area contributed by atoms with Gasteiger partial charge in [0.05, 0.1) is 11.3 Å². The molecule has 1 saturated heterocycles. The summed E-state index contributed by atoms with van der Waals surface area (Å²) in [4.78, 5) is 2.43. The van der Waals surface area contributed by atoms with Crippen molar-refractivity contribution < 1.29 is 0 Å². The van der Waals surface area contributed by atoms with Gasteiger partial charge in [0.2, 0.25) is 0 Å². The van der Waals surface area contributed by atoms with Crippen LogP contribution in [0.2, 0.25) is 0 Å². The molecule has 19 heavy (non-hydrogen) atoms. The summed E-state index contributed by atoms with van der Waals surface area (Å²) in [5.41, 5.74) is 1.92. The number of hydrogen-bond acceptors (Lipinski definition) is 2. The fraction of sp³-hybridized carbons (Fsp3) is 0.562. The summed E-state index contributed by atoms with van der Waals surface area (Å²) >= 11 is 3.52. The lowest BCUT2D eigenvalue weighted by Crippen LogP contribution is -2.42. The van der Waals surface area contributed by atoms with Crippen LogP contribution in [0.5, 0.6) is 0 Å². The molecule has 2 unspecified atom stereocenters. The molecule has 0 amide bonds. The van der Waals surface area contributed by atoms with Gasteiger partial charge in [-0.15, -0.1) is 0 Å². The van der Waals surface area contributed by atoms with E-state index in [9.17, 15) is 5.26 Å². The molecule has 0 spiro atoms. The van der Waals surface area contributed by atoms with Gasteiger partial charge < -0.3 is 4.90 Å². The van der Waals surface area contributed by atoms with Gasteiger partial charge in [0.25, 0.3) is 0 Å². The lowest BCUT2D eigenvalue weighted by atomic mass is 9.75. The van der Waals surface area contributed by atoms with Gasteiger partial charge in [-0.2, -0.15) is 5.26 Å². The van der Waals surface area contributed by atoms with Crippen LogP contribution in [0.3, 0.4) is 0 Å². The first-order valence-corrected chi connectivity index (χ1v) is 8.02. The zero-order chi connectivity index (χ0) is 13.2. The van der Waals surface area contributed by atoms with Crippen molar-refractivity contribution in [2.45, 2.75) is 32.1 Å². The monoisotopic (exact) mass is 318 g/mol. The molecule has 1 saturated carbocycles. The van der Waals surface area contributed by atoms with Crippen LogP contribution in [-0.2, 0) is 0 Å². The molecular formula is C16H19BrN2. The Labute approximate surface area is 123 Å². The van der Waals surface area contributed by atoms with Gasteiger partial charge in [0, 0.05) is 17.6 Å². The Morgan fingerprint density at radius 1 is 1.16 bits per heavy atom. The number of anilines is 1. The zero-order valence-corrected chi connectivity index (χ0v) is 12.7. The molecule has 0 bridgehead atoms. The van der Waals surface area contributed by atoms with Crippen molar-refractivity contribution in [1.29, 1.82) is 5.26 Å². The second-order valence-corrected chi connectivity index (χ2v) is 6.73. The first-order valence-electron chi connectivity index (χ1n) is 7.22. The number of rotatable bonds is 1. The number of halogens is 1. The van der Waals surface area contributed by atoms with Crippen molar-refractivity contribution in [3.05, 3.63) is 28.2 Å². The third-order valence-corrected chi connectivity index (χ3v) is 5.21. The fourth-order valence-corrected chi connectivity index (χ4v) is 4.03. The van der Waals surface area contributed by atoms with Crippen LogP contribution < -0.4 is 4.90 Å². The average molecular weight is 319 g/mol. The van der Waals surface area contributed by atoms with E-state index in [1.54, 1.807) is 0 Å². The van der Waals surface area contributed by atoms with Gasteiger partial charge in [-0.25, -0.2) is 0 Å². The van der Waals surface area contributed by atoms with Gasteiger partial charge in [-0.05, 0) is 42.9 Å². The molecule has 2 nitrogen and oxygen atoms in total. The van der Waals surface area contributed by atoms with E-state index < -0.39 is 0 Å². The van der Waals surface area contributed by atoms with Crippen LogP contribution in [0, 0.1) is 23.2 Å². The third-order valence-electron chi connectivity index (χ3n) is 4.71. The molecule has 1 aromatic carbocycles. The molecule has 1 aliphatic carbocycles. The number of piperidine rings is 1. The molecular weight excluding hydrogens is 300 g/mol. The summed E-state index contributed by atoms with van der Waals surface area (Å²) in [6, 6.07) is 8.31. The Kier molecular flexibility index (Phi) is 3.79. The summed E-state index contributed by atoms with van der Waals surface area (Å²) in [6.45, 7) is 2.24. The van der Waals surface area contributed by atoms with Crippen LogP contribution in [0.4, 0.5) is 5.69 Å².